The molecule has 1 aliphatic rings. The predicted octanol–water partition coefficient (Wildman–Crippen LogP) is 8.84. The smallest absolute Gasteiger partial charge is 0.413 e. The molecule has 0 bridgehead atoms. The van der Waals surface area contributed by atoms with Crippen LogP contribution >= 0.6 is 0 Å². The summed E-state index contributed by atoms with van der Waals surface area (Å²) in [4.78, 5) is 14.2. The number of benzene rings is 1. The van der Waals surface area contributed by atoms with Crippen LogP contribution in [0.4, 0.5) is 4.79 Å². The summed E-state index contributed by atoms with van der Waals surface area (Å²) in [5, 5.41) is 0. The minimum atomic E-state index is -1.71. The Morgan fingerprint density at radius 3 is 2.15 bits per heavy atom. The molecule has 0 radical (unpaired) electrons. The van der Waals surface area contributed by atoms with Crippen molar-refractivity contribution >= 4 is 14.4 Å². The zero-order chi connectivity index (χ0) is 24.7. The number of rotatable bonds is 15. The molecule has 0 saturated heterocycles. The van der Waals surface area contributed by atoms with Crippen LogP contribution in [0.1, 0.15) is 72.6 Å². The highest BCUT2D eigenvalue weighted by Gasteiger charge is 2.32. The number of unbranched alkanes of at least 4 members (excludes halogenated alkanes) is 3. The van der Waals surface area contributed by atoms with E-state index in [1.807, 2.05) is 30.6 Å². The van der Waals surface area contributed by atoms with Crippen molar-refractivity contribution in [2.24, 2.45) is 5.92 Å². The fourth-order valence-electron chi connectivity index (χ4n) is 4.40. The molecule has 0 N–H and O–H groups in total. The maximum Gasteiger partial charge on any atom is 0.423 e. The molecule has 4 nitrogen and oxygen atoms in total. The van der Waals surface area contributed by atoms with E-state index in [4.69, 9.17) is 9.16 Å². The van der Waals surface area contributed by atoms with Gasteiger partial charge in [0.25, 0.3) is 0 Å². The molecule has 0 aromatic heterocycles. The Hall–Kier alpha value is -2.11. The first-order valence-electron chi connectivity index (χ1n) is 13.3. The van der Waals surface area contributed by atoms with Gasteiger partial charge in [-0.15, -0.1) is 0 Å². The first kappa shape index (κ1) is 28.1. The zero-order valence-electron chi connectivity index (χ0n) is 21.8. The molecule has 1 heterocycles. The summed E-state index contributed by atoms with van der Waals surface area (Å²) in [6.07, 6.45) is 18.2. The van der Waals surface area contributed by atoms with Crippen LogP contribution in [0, 0.1) is 5.92 Å². The fourth-order valence-corrected chi connectivity index (χ4v) is 9.03. The Labute approximate surface area is 208 Å². The number of para-hydroxylation sites is 1. The molecule has 0 aliphatic carbocycles. The van der Waals surface area contributed by atoms with Crippen molar-refractivity contribution in [2.75, 3.05) is 6.61 Å². The van der Waals surface area contributed by atoms with Gasteiger partial charge in [0.1, 0.15) is 5.75 Å². The minimum absolute atomic E-state index is 0.291. The Balaban J connectivity index is 2.05. The van der Waals surface area contributed by atoms with Crippen LogP contribution in [0.15, 0.2) is 66.5 Å². The van der Waals surface area contributed by atoms with Crippen LogP contribution < -0.4 is 4.74 Å². The van der Waals surface area contributed by atoms with E-state index in [0.717, 1.165) is 12.0 Å². The summed E-state index contributed by atoms with van der Waals surface area (Å²) < 4.78 is 12.3. The van der Waals surface area contributed by atoms with Gasteiger partial charge in [0.2, 0.25) is 0 Å². The molecule has 0 saturated carbocycles. The molecule has 0 spiro atoms. The lowest BCUT2D eigenvalue weighted by atomic mass is 9.94. The monoisotopic (exact) mass is 483 g/mol. The second-order valence-corrected chi connectivity index (χ2v) is 13.4. The van der Waals surface area contributed by atoms with Crippen LogP contribution in [-0.2, 0) is 4.43 Å². The van der Waals surface area contributed by atoms with Crippen molar-refractivity contribution in [3.8, 4) is 5.75 Å². The molecule has 1 aromatic carbocycles. The largest absolute Gasteiger partial charge is 0.423 e. The summed E-state index contributed by atoms with van der Waals surface area (Å²) in [7, 11) is -1.71. The molecule has 0 fully saturated rings. The standard InChI is InChI=1S/C29H45NO3Si/c1-5-9-22-34(23-10-6-2,24-11-7-3)32-21-15-16-27-25-30(20-19-26(27)8-4)29(31)33-28-17-13-12-14-18-28/h12-20,25-26H,5-11,21-24H2,1-4H3/b16-15+. The number of carbonyl (C=O) groups is 1. The van der Waals surface area contributed by atoms with Crippen LogP contribution in [0.25, 0.3) is 0 Å². The summed E-state index contributed by atoms with van der Waals surface area (Å²) in [6, 6.07) is 13.0. The van der Waals surface area contributed by atoms with E-state index in [-0.39, 0.29) is 0 Å². The summed E-state index contributed by atoms with van der Waals surface area (Å²) in [5.41, 5.74) is 1.11. The maximum atomic E-state index is 12.6. The van der Waals surface area contributed by atoms with Crippen molar-refractivity contribution < 1.29 is 14.0 Å². The van der Waals surface area contributed by atoms with Crippen molar-refractivity contribution in [3.63, 3.8) is 0 Å². The number of hydrogen-bond acceptors (Lipinski definition) is 3. The van der Waals surface area contributed by atoms with Crippen LogP contribution in [0.2, 0.25) is 18.1 Å². The van der Waals surface area contributed by atoms with Crippen LogP contribution in [-0.4, -0.2) is 25.9 Å². The maximum absolute atomic E-state index is 12.6. The minimum Gasteiger partial charge on any atom is -0.413 e. The van der Waals surface area contributed by atoms with Gasteiger partial charge in [0.05, 0.1) is 6.61 Å². The molecule has 34 heavy (non-hydrogen) atoms. The molecular formula is C29H45NO3Si. The highest BCUT2D eigenvalue weighted by atomic mass is 28.4. The number of ether oxygens (including phenoxy) is 1. The second-order valence-electron chi connectivity index (χ2n) is 9.28. The van der Waals surface area contributed by atoms with Crippen molar-refractivity contribution in [1.29, 1.82) is 0 Å². The highest BCUT2D eigenvalue weighted by Crippen LogP contribution is 2.30. The first-order chi connectivity index (χ1) is 16.6. The third kappa shape index (κ3) is 9.26. The average molecular weight is 484 g/mol. The van der Waals surface area contributed by atoms with Gasteiger partial charge in [0, 0.05) is 18.3 Å². The van der Waals surface area contributed by atoms with Crippen LogP contribution in [0.5, 0.6) is 5.75 Å². The summed E-state index contributed by atoms with van der Waals surface area (Å²) >= 11 is 0. The quantitative estimate of drug-likeness (QED) is 0.234. The van der Waals surface area contributed by atoms with Gasteiger partial charge in [0.15, 0.2) is 8.32 Å². The molecule has 1 amide bonds. The Kier molecular flexibility index (Phi) is 13.0. The van der Waals surface area contributed by atoms with E-state index in [0.29, 0.717) is 18.3 Å². The second kappa shape index (κ2) is 15.7. The fraction of sp³-hybridized carbons (Fsp3) is 0.552. The normalized spacial score (nSPS) is 16.2. The molecule has 1 aromatic rings. The van der Waals surface area contributed by atoms with Gasteiger partial charge in [-0.1, -0.05) is 103 Å². The van der Waals surface area contributed by atoms with Gasteiger partial charge in [-0.25, -0.2) is 4.79 Å². The molecule has 1 aliphatic heterocycles. The van der Waals surface area contributed by atoms with E-state index >= 15 is 0 Å². The number of carbonyl (C=O) groups excluding carboxylic acids is 1. The van der Waals surface area contributed by atoms with Gasteiger partial charge in [-0.2, -0.15) is 0 Å². The third-order valence-corrected chi connectivity index (χ3v) is 11.1. The van der Waals surface area contributed by atoms with E-state index in [1.165, 1.54) is 61.6 Å². The third-order valence-electron chi connectivity index (χ3n) is 6.55. The average Bonchev–Trinajstić information content (AvgIpc) is 2.87. The molecule has 1 atom stereocenters. The Morgan fingerprint density at radius 2 is 1.59 bits per heavy atom. The van der Waals surface area contributed by atoms with Crippen molar-refractivity contribution in [3.05, 3.63) is 66.5 Å². The molecule has 1 unspecified atom stereocenters. The van der Waals surface area contributed by atoms with Crippen molar-refractivity contribution in [1.82, 2.24) is 4.90 Å². The number of allylic oxidation sites excluding steroid dienone is 3. The lowest BCUT2D eigenvalue weighted by Gasteiger charge is -2.31. The Morgan fingerprint density at radius 1 is 0.971 bits per heavy atom. The van der Waals surface area contributed by atoms with Gasteiger partial charge >= 0.3 is 6.09 Å². The van der Waals surface area contributed by atoms with Crippen LogP contribution in [0.3, 0.4) is 0 Å². The van der Waals surface area contributed by atoms with E-state index in [9.17, 15) is 4.79 Å². The number of hydrogen-bond donors (Lipinski definition) is 0. The first-order valence-corrected chi connectivity index (χ1v) is 15.9. The predicted molar refractivity (Wildman–Crippen MR) is 145 cm³/mol. The van der Waals surface area contributed by atoms with Gasteiger partial charge in [-0.05, 0) is 42.3 Å². The number of amides is 1. The van der Waals surface area contributed by atoms with E-state index in [2.05, 4.69) is 45.9 Å². The van der Waals surface area contributed by atoms with E-state index < -0.39 is 14.4 Å². The molecular weight excluding hydrogens is 438 g/mol. The van der Waals surface area contributed by atoms with Crippen molar-refractivity contribution in [2.45, 2.75) is 90.8 Å². The summed E-state index contributed by atoms with van der Waals surface area (Å²) in [6.45, 7) is 9.67. The van der Waals surface area contributed by atoms with E-state index in [1.54, 1.807) is 12.1 Å². The summed E-state index contributed by atoms with van der Waals surface area (Å²) in [5.74, 6) is 0.837. The SMILES string of the molecule is CCCC[Si](CCCC)(CCCC)OC/C=C/C1=CN(C(=O)Oc2ccccc2)C=CC1CC. The topological polar surface area (TPSA) is 38.8 Å². The lowest BCUT2D eigenvalue weighted by molar-refractivity contribution is 0.181. The van der Waals surface area contributed by atoms with Gasteiger partial charge in [-0.3, -0.25) is 4.90 Å². The lowest BCUT2D eigenvalue weighted by Crippen LogP contribution is -2.38. The van der Waals surface area contributed by atoms with Gasteiger partial charge < -0.3 is 9.16 Å². The number of nitrogens with zero attached hydrogens (tertiary/aromatic N) is 1. The Bertz CT molecular complexity index is 781. The molecule has 188 valence electrons. The highest BCUT2D eigenvalue weighted by molar-refractivity contribution is 6.73. The molecule has 5 heteroatoms. The zero-order valence-corrected chi connectivity index (χ0v) is 22.8. The molecule has 2 rings (SSSR count).